The molecule has 6 heteroatoms. The first-order valence-corrected chi connectivity index (χ1v) is 6.05. The van der Waals surface area contributed by atoms with Gasteiger partial charge in [-0.25, -0.2) is 9.97 Å². The lowest BCUT2D eigenvalue weighted by molar-refractivity contribution is 0.281. The number of methoxy groups -OCH3 is 1. The zero-order valence-electron chi connectivity index (χ0n) is 10.8. The van der Waals surface area contributed by atoms with Gasteiger partial charge >= 0.3 is 0 Å². The maximum atomic E-state index is 9.09. The molecule has 1 aromatic heterocycles. The predicted octanol–water partition coefficient (Wildman–Crippen LogP) is 0.429. The second-order valence-electron chi connectivity index (χ2n) is 4.01. The molecule has 102 valence electrons. The molecule has 6 nitrogen and oxygen atoms in total. The van der Waals surface area contributed by atoms with E-state index in [2.05, 4.69) is 9.97 Å². The number of fused-ring (bicyclic) bond motifs is 1. The molecule has 1 heterocycles. The molecule has 2 aromatic rings. The molecule has 0 amide bonds. The van der Waals surface area contributed by atoms with Gasteiger partial charge in [0.1, 0.15) is 17.9 Å². The fraction of sp³-hybridized carbons (Fsp3) is 0.385. The van der Waals surface area contributed by atoms with Gasteiger partial charge in [0, 0.05) is 24.5 Å². The fourth-order valence-corrected chi connectivity index (χ4v) is 1.97. The minimum Gasteiger partial charge on any atom is -0.497 e. The van der Waals surface area contributed by atoms with Crippen LogP contribution in [0.25, 0.3) is 10.9 Å². The van der Waals surface area contributed by atoms with E-state index in [-0.39, 0.29) is 13.2 Å². The Morgan fingerprint density at radius 1 is 1.16 bits per heavy atom. The van der Waals surface area contributed by atoms with Crippen LogP contribution in [0.3, 0.4) is 0 Å². The van der Waals surface area contributed by atoms with Gasteiger partial charge in [-0.05, 0) is 12.1 Å². The number of ether oxygens (including phenoxy) is 1. The maximum absolute atomic E-state index is 9.09. The molecule has 2 rings (SSSR count). The van der Waals surface area contributed by atoms with Crippen LogP contribution in [0.2, 0.25) is 0 Å². The molecule has 0 aliphatic carbocycles. The van der Waals surface area contributed by atoms with Crippen LogP contribution in [-0.2, 0) is 0 Å². The van der Waals surface area contributed by atoms with E-state index >= 15 is 0 Å². The van der Waals surface area contributed by atoms with E-state index in [1.807, 2.05) is 23.1 Å². The van der Waals surface area contributed by atoms with E-state index in [4.69, 9.17) is 14.9 Å². The molecular weight excluding hydrogens is 246 g/mol. The quantitative estimate of drug-likeness (QED) is 0.787. The van der Waals surface area contributed by atoms with Crippen LogP contribution in [0.15, 0.2) is 24.5 Å². The van der Waals surface area contributed by atoms with Gasteiger partial charge in [0.05, 0.1) is 25.8 Å². The molecule has 0 unspecified atom stereocenters. The monoisotopic (exact) mass is 263 g/mol. The third kappa shape index (κ3) is 2.91. The van der Waals surface area contributed by atoms with Gasteiger partial charge in [-0.15, -0.1) is 0 Å². The van der Waals surface area contributed by atoms with Crippen LogP contribution in [0.1, 0.15) is 0 Å². The number of aliphatic hydroxyl groups excluding tert-OH is 2. The van der Waals surface area contributed by atoms with Gasteiger partial charge in [0.2, 0.25) is 0 Å². The molecule has 0 spiro atoms. The van der Waals surface area contributed by atoms with E-state index in [0.717, 1.165) is 16.7 Å². The summed E-state index contributed by atoms with van der Waals surface area (Å²) < 4.78 is 5.16. The number of nitrogens with zero attached hydrogens (tertiary/aromatic N) is 3. The summed E-state index contributed by atoms with van der Waals surface area (Å²) in [5.74, 6) is 1.43. The number of hydrogen-bond donors (Lipinski definition) is 2. The van der Waals surface area contributed by atoms with Crippen LogP contribution >= 0.6 is 0 Å². The smallest absolute Gasteiger partial charge is 0.140 e. The molecule has 0 saturated heterocycles. The average molecular weight is 263 g/mol. The predicted molar refractivity (Wildman–Crippen MR) is 72.5 cm³/mol. The Hall–Kier alpha value is -1.92. The van der Waals surface area contributed by atoms with Crippen molar-refractivity contribution in [2.45, 2.75) is 0 Å². The SMILES string of the molecule is COc1ccc2c(N(CCO)CCO)ncnc2c1. The zero-order valence-corrected chi connectivity index (χ0v) is 10.8. The van der Waals surface area contributed by atoms with Crippen LogP contribution < -0.4 is 9.64 Å². The Morgan fingerprint density at radius 3 is 2.53 bits per heavy atom. The normalized spacial score (nSPS) is 10.7. The molecule has 0 saturated carbocycles. The lowest BCUT2D eigenvalue weighted by Gasteiger charge is -2.22. The summed E-state index contributed by atoms with van der Waals surface area (Å²) in [5, 5.41) is 19.1. The lowest BCUT2D eigenvalue weighted by Crippen LogP contribution is -2.30. The molecule has 0 radical (unpaired) electrons. The first-order chi connectivity index (χ1) is 9.30. The first-order valence-electron chi connectivity index (χ1n) is 6.05. The number of rotatable bonds is 6. The van der Waals surface area contributed by atoms with Crippen molar-refractivity contribution >= 4 is 16.7 Å². The highest BCUT2D eigenvalue weighted by atomic mass is 16.5. The lowest BCUT2D eigenvalue weighted by atomic mass is 10.2. The van der Waals surface area contributed by atoms with Crippen molar-refractivity contribution < 1.29 is 14.9 Å². The van der Waals surface area contributed by atoms with Gasteiger partial charge in [-0.1, -0.05) is 0 Å². The van der Waals surface area contributed by atoms with Crippen molar-refractivity contribution in [2.75, 3.05) is 38.3 Å². The van der Waals surface area contributed by atoms with Crippen LogP contribution in [0, 0.1) is 0 Å². The van der Waals surface area contributed by atoms with E-state index in [1.54, 1.807) is 7.11 Å². The summed E-state index contributed by atoms with van der Waals surface area (Å²) >= 11 is 0. The first kappa shape index (κ1) is 13.5. The second kappa shape index (κ2) is 6.31. The summed E-state index contributed by atoms with van der Waals surface area (Å²) in [4.78, 5) is 10.3. The van der Waals surface area contributed by atoms with E-state index in [9.17, 15) is 0 Å². The molecule has 2 N–H and O–H groups in total. The van der Waals surface area contributed by atoms with Crippen molar-refractivity contribution in [3.63, 3.8) is 0 Å². The highest BCUT2D eigenvalue weighted by Gasteiger charge is 2.12. The number of aliphatic hydroxyl groups is 2. The highest BCUT2D eigenvalue weighted by Crippen LogP contribution is 2.25. The third-order valence-electron chi connectivity index (χ3n) is 2.86. The Morgan fingerprint density at radius 2 is 1.89 bits per heavy atom. The Labute approximate surface area is 111 Å². The molecule has 0 aliphatic rings. The van der Waals surface area contributed by atoms with Crippen molar-refractivity contribution in [1.29, 1.82) is 0 Å². The second-order valence-corrected chi connectivity index (χ2v) is 4.01. The molecule has 0 atom stereocenters. The fourth-order valence-electron chi connectivity index (χ4n) is 1.97. The van der Waals surface area contributed by atoms with E-state index in [1.165, 1.54) is 6.33 Å². The van der Waals surface area contributed by atoms with Gasteiger partial charge < -0.3 is 19.8 Å². The molecule has 0 fully saturated rings. The van der Waals surface area contributed by atoms with Crippen molar-refractivity contribution in [3.8, 4) is 5.75 Å². The standard InChI is InChI=1S/C13H17N3O3/c1-19-10-2-3-11-12(8-10)14-9-15-13(11)16(4-6-17)5-7-18/h2-3,8-9,17-18H,4-7H2,1H3. The highest BCUT2D eigenvalue weighted by molar-refractivity contribution is 5.90. The third-order valence-corrected chi connectivity index (χ3v) is 2.86. The molecule has 1 aromatic carbocycles. The topological polar surface area (TPSA) is 78.7 Å². The van der Waals surface area contributed by atoms with E-state index < -0.39 is 0 Å². The van der Waals surface area contributed by atoms with Crippen molar-refractivity contribution in [1.82, 2.24) is 9.97 Å². The average Bonchev–Trinajstić information content (AvgIpc) is 2.46. The van der Waals surface area contributed by atoms with Gasteiger partial charge in [-0.2, -0.15) is 0 Å². The number of aromatic nitrogens is 2. The molecule has 0 aliphatic heterocycles. The van der Waals surface area contributed by atoms with Crippen molar-refractivity contribution in [3.05, 3.63) is 24.5 Å². The van der Waals surface area contributed by atoms with Gasteiger partial charge in [0.25, 0.3) is 0 Å². The van der Waals surface area contributed by atoms with Crippen LogP contribution in [-0.4, -0.2) is 53.6 Å². The molecular formula is C13H17N3O3. The summed E-state index contributed by atoms with van der Waals surface area (Å²) in [6, 6.07) is 5.55. The molecule has 0 bridgehead atoms. The summed E-state index contributed by atoms with van der Waals surface area (Å²) in [7, 11) is 1.60. The minimum absolute atomic E-state index is 0.00164. The number of anilines is 1. The van der Waals surface area contributed by atoms with E-state index in [0.29, 0.717) is 18.9 Å². The largest absolute Gasteiger partial charge is 0.497 e. The Bertz CT molecular complexity index is 542. The van der Waals surface area contributed by atoms with Crippen molar-refractivity contribution in [2.24, 2.45) is 0 Å². The summed E-state index contributed by atoms with van der Waals surface area (Å²) in [5.41, 5.74) is 0.769. The van der Waals surface area contributed by atoms with Gasteiger partial charge in [-0.3, -0.25) is 0 Å². The summed E-state index contributed by atoms with van der Waals surface area (Å²) in [6.07, 6.45) is 1.47. The number of hydrogen-bond acceptors (Lipinski definition) is 6. The Balaban J connectivity index is 2.46. The maximum Gasteiger partial charge on any atom is 0.140 e. The zero-order chi connectivity index (χ0) is 13.7. The van der Waals surface area contributed by atoms with Crippen LogP contribution in [0.5, 0.6) is 5.75 Å². The molecule has 19 heavy (non-hydrogen) atoms. The number of benzene rings is 1. The Kier molecular flexibility index (Phi) is 4.48. The minimum atomic E-state index is 0.00164. The van der Waals surface area contributed by atoms with Crippen LogP contribution in [0.4, 0.5) is 5.82 Å². The van der Waals surface area contributed by atoms with Gasteiger partial charge in [0.15, 0.2) is 0 Å². The summed E-state index contributed by atoms with van der Waals surface area (Å²) in [6.45, 7) is 0.834.